The summed E-state index contributed by atoms with van der Waals surface area (Å²) in [5.41, 5.74) is 6.12. The molecule has 1 amide bonds. The van der Waals surface area contributed by atoms with Crippen LogP contribution in [0.4, 0.5) is 0 Å². The Hall–Kier alpha value is -1.40. The lowest BCUT2D eigenvalue weighted by atomic mass is 9.76. The van der Waals surface area contributed by atoms with E-state index in [0.29, 0.717) is 12.3 Å². The van der Waals surface area contributed by atoms with Crippen LogP contribution in [0.3, 0.4) is 0 Å². The molecule has 2 aliphatic carbocycles. The number of aliphatic hydroxyl groups excluding tert-OH is 2. The molecule has 6 nitrogen and oxygen atoms in total. The summed E-state index contributed by atoms with van der Waals surface area (Å²) in [5.74, 6) is 0.977. The van der Waals surface area contributed by atoms with Crippen molar-refractivity contribution in [2.24, 2.45) is 17.6 Å². The Morgan fingerprint density at radius 1 is 1.11 bits per heavy atom. The Morgan fingerprint density at radius 2 is 1.75 bits per heavy atom. The zero-order chi connectivity index (χ0) is 19.9. The molecule has 0 aromatic carbocycles. The predicted molar refractivity (Wildman–Crippen MR) is 109 cm³/mol. The number of carbonyl (C=O) groups excluding carboxylic acids is 1. The number of imidazole rings is 1. The predicted octanol–water partition coefficient (Wildman–Crippen LogP) is 3.18. The van der Waals surface area contributed by atoms with Gasteiger partial charge in [0, 0.05) is 24.2 Å². The lowest BCUT2D eigenvalue weighted by Gasteiger charge is -2.35. The van der Waals surface area contributed by atoms with Crippen molar-refractivity contribution >= 4 is 5.91 Å². The van der Waals surface area contributed by atoms with Crippen LogP contribution in [0.2, 0.25) is 0 Å². The first-order valence-corrected chi connectivity index (χ1v) is 11.2. The van der Waals surface area contributed by atoms with E-state index in [1.165, 1.54) is 38.5 Å². The van der Waals surface area contributed by atoms with E-state index in [2.05, 4.69) is 9.97 Å². The number of primary amides is 1. The van der Waals surface area contributed by atoms with E-state index < -0.39 is 12.2 Å². The Morgan fingerprint density at radius 3 is 2.39 bits per heavy atom. The number of aromatic nitrogens is 2. The lowest BCUT2D eigenvalue weighted by Crippen LogP contribution is -2.39. The Labute approximate surface area is 168 Å². The molecule has 1 heterocycles. The average Bonchev–Trinajstić information content (AvgIpc) is 3.19. The fourth-order valence-electron chi connectivity index (χ4n) is 5.14. The van der Waals surface area contributed by atoms with Crippen LogP contribution in [0.1, 0.15) is 94.5 Å². The van der Waals surface area contributed by atoms with Crippen molar-refractivity contribution in [2.75, 3.05) is 0 Å². The molecule has 0 saturated heterocycles. The van der Waals surface area contributed by atoms with Crippen LogP contribution in [0, 0.1) is 11.8 Å². The third-order valence-electron chi connectivity index (χ3n) is 6.85. The smallest absolute Gasteiger partial charge is 0.217 e. The third-order valence-corrected chi connectivity index (χ3v) is 6.85. The van der Waals surface area contributed by atoms with Crippen molar-refractivity contribution in [1.82, 2.24) is 9.97 Å². The van der Waals surface area contributed by atoms with E-state index in [4.69, 9.17) is 5.73 Å². The molecule has 0 bridgehead atoms. The average molecular weight is 392 g/mol. The maximum absolute atomic E-state index is 11.2. The second kappa shape index (κ2) is 10.4. The van der Waals surface area contributed by atoms with Gasteiger partial charge in [0.1, 0.15) is 5.82 Å². The molecule has 1 aromatic rings. The standard InChI is InChI=1S/C22H37N3O3/c23-19(26)12-11-17-14-24-22(25-17)18(13-15-7-3-1-4-8-15)21(28)20(27)16-9-5-2-6-10-16/h14-16,18,20-21,27-28H,1-13H2,(H2,23,26)(H,24,25)/t18-,20+,21-/m1/s1. The molecule has 6 heteroatoms. The highest BCUT2D eigenvalue weighted by Crippen LogP contribution is 2.37. The first kappa shape index (κ1) is 21.3. The van der Waals surface area contributed by atoms with Crippen molar-refractivity contribution < 1.29 is 15.0 Å². The number of H-pyrrole nitrogens is 1. The summed E-state index contributed by atoms with van der Waals surface area (Å²) in [6, 6.07) is 0. The highest BCUT2D eigenvalue weighted by Gasteiger charge is 2.36. The number of nitrogens with one attached hydrogen (secondary N) is 1. The summed E-state index contributed by atoms with van der Waals surface area (Å²) in [6.45, 7) is 0. The zero-order valence-corrected chi connectivity index (χ0v) is 17.0. The van der Waals surface area contributed by atoms with E-state index in [-0.39, 0.29) is 24.2 Å². The number of hydrogen-bond donors (Lipinski definition) is 4. The van der Waals surface area contributed by atoms with Gasteiger partial charge in [0.2, 0.25) is 5.91 Å². The van der Waals surface area contributed by atoms with Gasteiger partial charge in [0.05, 0.1) is 12.2 Å². The summed E-state index contributed by atoms with van der Waals surface area (Å²) in [4.78, 5) is 18.9. The SMILES string of the molecule is NC(=O)CCc1cnc([C@H](CC2CCCCC2)[C@@H](O)[C@@H](O)C2CCCCC2)[nH]1. The maximum atomic E-state index is 11.2. The molecule has 0 aliphatic heterocycles. The van der Waals surface area contributed by atoms with Crippen molar-refractivity contribution in [3.05, 3.63) is 17.7 Å². The monoisotopic (exact) mass is 391 g/mol. The fraction of sp³-hybridized carbons (Fsp3) is 0.818. The number of amides is 1. The van der Waals surface area contributed by atoms with Crippen LogP contribution in [0.25, 0.3) is 0 Å². The number of aliphatic hydroxyl groups is 2. The Balaban J connectivity index is 1.72. The number of aromatic amines is 1. The lowest BCUT2D eigenvalue weighted by molar-refractivity contribution is -0.118. The molecule has 28 heavy (non-hydrogen) atoms. The quantitative estimate of drug-likeness (QED) is 0.518. The van der Waals surface area contributed by atoms with Crippen LogP contribution in [-0.2, 0) is 11.2 Å². The number of aryl methyl sites for hydroxylation is 1. The first-order valence-electron chi connectivity index (χ1n) is 11.2. The largest absolute Gasteiger partial charge is 0.390 e. The second-order valence-corrected chi connectivity index (χ2v) is 8.99. The molecular formula is C22H37N3O3. The summed E-state index contributed by atoms with van der Waals surface area (Å²) < 4.78 is 0. The molecule has 2 fully saturated rings. The molecule has 158 valence electrons. The van der Waals surface area contributed by atoms with Crippen LogP contribution in [0.5, 0.6) is 0 Å². The van der Waals surface area contributed by atoms with Crippen LogP contribution in [0.15, 0.2) is 6.20 Å². The first-order chi connectivity index (χ1) is 13.5. The van der Waals surface area contributed by atoms with Crippen molar-refractivity contribution in [3.8, 4) is 0 Å². The highest BCUT2D eigenvalue weighted by molar-refractivity contribution is 5.73. The van der Waals surface area contributed by atoms with Gasteiger partial charge in [-0.05, 0) is 37.5 Å². The van der Waals surface area contributed by atoms with Gasteiger partial charge in [-0.25, -0.2) is 4.98 Å². The van der Waals surface area contributed by atoms with Gasteiger partial charge >= 0.3 is 0 Å². The summed E-state index contributed by atoms with van der Waals surface area (Å²) in [6.07, 6.45) is 13.6. The number of hydrogen-bond acceptors (Lipinski definition) is 4. The molecule has 3 atom stereocenters. The van der Waals surface area contributed by atoms with Crippen molar-refractivity contribution in [2.45, 2.75) is 102 Å². The summed E-state index contributed by atoms with van der Waals surface area (Å²) in [7, 11) is 0. The molecular weight excluding hydrogens is 354 g/mol. The third kappa shape index (κ3) is 5.80. The maximum Gasteiger partial charge on any atom is 0.217 e. The number of rotatable bonds is 9. The van der Waals surface area contributed by atoms with Gasteiger partial charge in [0.15, 0.2) is 0 Å². The van der Waals surface area contributed by atoms with E-state index >= 15 is 0 Å². The number of nitrogens with two attached hydrogens (primary N) is 1. The van der Waals surface area contributed by atoms with Gasteiger partial charge in [-0.15, -0.1) is 0 Å². The topological polar surface area (TPSA) is 112 Å². The van der Waals surface area contributed by atoms with Crippen molar-refractivity contribution in [1.29, 1.82) is 0 Å². The van der Waals surface area contributed by atoms with Crippen molar-refractivity contribution in [3.63, 3.8) is 0 Å². The summed E-state index contributed by atoms with van der Waals surface area (Å²) in [5, 5.41) is 22.1. The minimum atomic E-state index is -0.805. The van der Waals surface area contributed by atoms with Gasteiger partial charge in [-0.1, -0.05) is 51.4 Å². The summed E-state index contributed by atoms with van der Waals surface area (Å²) >= 11 is 0. The number of nitrogens with zero attached hydrogens (tertiary/aromatic N) is 1. The molecule has 0 unspecified atom stereocenters. The molecule has 2 saturated carbocycles. The second-order valence-electron chi connectivity index (χ2n) is 8.99. The zero-order valence-electron chi connectivity index (χ0n) is 17.0. The molecule has 2 aliphatic rings. The molecule has 5 N–H and O–H groups in total. The van der Waals surface area contributed by atoms with E-state index in [9.17, 15) is 15.0 Å². The van der Waals surface area contributed by atoms with Crippen LogP contribution < -0.4 is 5.73 Å². The van der Waals surface area contributed by atoms with Gasteiger partial charge in [-0.3, -0.25) is 4.79 Å². The Bertz CT molecular complexity index is 606. The van der Waals surface area contributed by atoms with Gasteiger partial charge in [0.25, 0.3) is 0 Å². The minimum absolute atomic E-state index is 0.182. The minimum Gasteiger partial charge on any atom is -0.390 e. The van der Waals surface area contributed by atoms with E-state index in [1.807, 2.05) is 0 Å². The molecule has 3 rings (SSSR count). The normalized spacial score (nSPS) is 22.6. The van der Waals surface area contributed by atoms with E-state index in [1.54, 1.807) is 6.20 Å². The number of carbonyl (C=O) groups is 1. The van der Waals surface area contributed by atoms with E-state index in [0.717, 1.165) is 43.6 Å². The van der Waals surface area contributed by atoms with Gasteiger partial charge < -0.3 is 20.9 Å². The van der Waals surface area contributed by atoms with Crippen LogP contribution in [-0.4, -0.2) is 38.3 Å². The highest BCUT2D eigenvalue weighted by atomic mass is 16.3. The van der Waals surface area contributed by atoms with Gasteiger partial charge in [-0.2, -0.15) is 0 Å². The fourth-order valence-corrected chi connectivity index (χ4v) is 5.14. The van der Waals surface area contributed by atoms with Crippen LogP contribution >= 0.6 is 0 Å². The molecule has 0 spiro atoms. The molecule has 1 aromatic heterocycles. The molecule has 0 radical (unpaired) electrons. The Kier molecular flexibility index (Phi) is 7.91.